The number of nitrogens with one attached hydrogen (secondary N) is 2. The first-order chi connectivity index (χ1) is 7.83. The summed E-state index contributed by atoms with van der Waals surface area (Å²) in [6.07, 6.45) is 5.16. The standard InChI is InChI=1S/C11H16N4O/c16-11-6-10(12-7-13-11)14-8-3-5-15-4-1-2-9(8)15/h6-9H,1-5H2,(H2,12,13,14,16). The van der Waals surface area contributed by atoms with Gasteiger partial charge in [-0.1, -0.05) is 0 Å². The molecular formula is C11H16N4O. The van der Waals surface area contributed by atoms with Crippen molar-refractivity contribution in [3.8, 4) is 0 Å². The lowest BCUT2D eigenvalue weighted by molar-refractivity contribution is 0.318. The van der Waals surface area contributed by atoms with Crippen LogP contribution in [0.3, 0.4) is 0 Å². The number of anilines is 1. The fourth-order valence-electron chi connectivity index (χ4n) is 2.89. The molecule has 0 saturated carbocycles. The van der Waals surface area contributed by atoms with Crippen LogP contribution in [0.1, 0.15) is 19.3 Å². The highest BCUT2D eigenvalue weighted by atomic mass is 16.1. The molecule has 5 nitrogen and oxygen atoms in total. The average molecular weight is 220 g/mol. The van der Waals surface area contributed by atoms with Crippen molar-refractivity contribution < 1.29 is 0 Å². The zero-order valence-electron chi connectivity index (χ0n) is 9.15. The summed E-state index contributed by atoms with van der Waals surface area (Å²) < 4.78 is 0. The summed E-state index contributed by atoms with van der Waals surface area (Å²) in [4.78, 5) is 20.3. The fraction of sp³-hybridized carbons (Fsp3) is 0.636. The molecule has 0 aliphatic carbocycles. The zero-order chi connectivity index (χ0) is 11.0. The number of rotatable bonds is 2. The molecule has 2 atom stereocenters. The van der Waals surface area contributed by atoms with Crippen molar-refractivity contribution in [1.29, 1.82) is 0 Å². The molecule has 2 saturated heterocycles. The van der Waals surface area contributed by atoms with E-state index in [1.807, 2.05) is 0 Å². The molecule has 3 rings (SSSR count). The van der Waals surface area contributed by atoms with Gasteiger partial charge in [0.05, 0.1) is 6.33 Å². The van der Waals surface area contributed by atoms with Gasteiger partial charge in [0.25, 0.3) is 5.56 Å². The fourth-order valence-corrected chi connectivity index (χ4v) is 2.89. The van der Waals surface area contributed by atoms with Crippen LogP contribution in [-0.4, -0.2) is 40.0 Å². The molecule has 3 heterocycles. The van der Waals surface area contributed by atoms with Crippen LogP contribution in [0.5, 0.6) is 0 Å². The topological polar surface area (TPSA) is 61.0 Å². The summed E-state index contributed by atoms with van der Waals surface area (Å²) in [5.74, 6) is 0.697. The Kier molecular flexibility index (Phi) is 2.40. The van der Waals surface area contributed by atoms with Gasteiger partial charge in [0.1, 0.15) is 5.82 Å². The minimum Gasteiger partial charge on any atom is -0.365 e. The SMILES string of the molecule is O=c1cc(NC2CCN3CCCC23)nc[nH]1. The van der Waals surface area contributed by atoms with Gasteiger partial charge in [-0.25, -0.2) is 4.98 Å². The van der Waals surface area contributed by atoms with Gasteiger partial charge in [-0.15, -0.1) is 0 Å². The number of hydrogen-bond acceptors (Lipinski definition) is 4. The number of nitrogens with zero attached hydrogens (tertiary/aromatic N) is 2. The van der Waals surface area contributed by atoms with Gasteiger partial charge in [0, 0.05) is 24.7 Å². The molecule has 1 aromatic rings. The van der Waals surface area contributed by atoms with Crippen LogP contribution in [0.4, 0.5) is 5.82 Å². The third-order valence-electron chi connectivity index (χ3n) is 3.62. The Morgan fingerprint density at radius 2 is 2.38 bits per heavy atom. The maximum absolute atomic E-state index is 11.1. The third-order valence-corrected chi connectivity index (χ3v) is 3.62. The van der Waals surface area contributed by atoms with Gasteiger partial charge in [-0.3, -0.25) is 9.69 Å². The molecule has 0 radical (unpaired) electrons. The Morgan fingerprint density at radius 3 is 3.25 bits per heavy atom. The molecular weight excluding hydrogens is 204 g/mol. The molecule has 0 amide bonds. The van der Waals surface area contributed by atoms with Crippen molar-refractivity contribution >= 4 is 5.82 Å². The Labute approximate surface area is 93.9 Å². The largest absolute Gasteiger partial charge is 0.365 e. The zero-order valence-corrected chi connectivity index (χ0v) is 9.15. The van der Waals surface area contributed by atoms with Gasteiger partial charge < -0.3 is 10.3 Å². The van der Waals surface area contributed by atoms with E-state index in [1.54, 1.807) is 0 Å². The van der Waals surface area contributed by atoms with E-state index in [2.05, 4.69) is 20.2 Å². The van der Waals surface area contributed by atoms with Crippen molar-refractivity contribution in [2.45, 2.75) is 31.3 Å². The third kappa shape index (κ3) is 1.71. The lowest BCUT2D eigenvalue weighted by atomic mass is 10.1. The average Bonchev–Trinajstić information content (AvgIpc) is 2.83. The quantitative estimate of drug-likeness (QED) is 0.758. The number of H-pyrrole nitrogens is 1. The Balaban J connectivity index is 1.73. The maximum atomic E-state index is 11.1. The van der Waals surface area contributed by atoms with Crippen LogP contribution >= 0.6 is 0 Å². The molecule has 0 bridgehead atoms. The smallest absolute Gasteiger partial charge is 0.252 e. The molecule has 0 spiro atoms. The predicted octanol–water partition coefficient (Wildman–Crippen LogP) is 0.418. The summed E-state index contributed by atoms with van der Waals surface area (Å²) in [5.41, 5.74) is -0.0984. The number of aromatic nitrogens is 2. The van der Waals surface area contributed by atoms with E-state index in [9.17, 15) is 4.79 Å². The van der Waals surface area contributed by atoms with Gasteiger partial charge in [-0.2, -0.15) is 0 Å². The summed E-state index contributed by atoms with van der Waals surface area (Å²) in [6, 6.07) is 2.62. The van der Waals surface area contributed by atoms with Crippen molar-refractivity contribution in [2.24, 2.45) is 0 Å². The summed E-state index contributed by atoms with van der Waals surface area (Å²) >= 11 is 0. The molecule has 5 heteroatoms. The van der Waals surface area contributed by atoms with Gasteiger partial charge >= 0.3 is 0 Å². The van der Waals surface area contributed by atoms with Crippen molar-refractivity contribution in [1.82, 2.24) is 14.9 Å². The predicted molar refractivity (Wildman–Crippen MR) is 61.5 cm³/mol. The van der Waals surface area contributed by atoms with Crippen molar-refractivity contribution in [2.75, 3.05) is 18.4 Å². The molecule has 2 N–H and O–H groups in total. The maximum Gasteiger partial charge on any atom is 0.252 e. The molecule has 86 valence electrons. The van der Waals surface area contributed by atoms with E-state index in [4.69, 9.17) is 0 Å². The van der Waals surface area contributed by atoms with Crippen LogP contribution in [0.25, 0.3) is 0 Å². The van der Waals surface area contributed by atoms with E-state index in [0.29, 0.717) is 17.9 Å². The second-order valence-electron chi connectivity index (χ2n) is 4.58. The lowest BCUT2D eigenvalue weighted by Gasteiger charge is -2.21. The minimum absolute atomic E-state index is 0.0984. The number of fused-ring (bicyclic) bond motifs is 1. The highest BCUT2D eigenvalue weighted by Gasteiger charge is 2.37. The molecule has 2 aliphatic rings. The van der Waals surface area contributed by atoms with E-state index in [-0.39, 0.29) is 5.56 Å². The van der Waals surface area contributed by atoms with Crippen LogP contribution in [0, 0.1) is 0 Å². The molecule has 1 aromatic heterocycles. The first kappa shape index (κ1) is 9.84. The second-order valence-corrected chi connectivity index (χ2v) is 4.58. The second kappa shape index (κ2) is 3.90. The van der Waals surface area contributed by atoms with E-state index in [0.717, 1.165) is 6.42 Å². The summed E-state index contributed by atoms with van der Waals surface area (Å²) in [7, 11) is 0. The van der Waals surface area contributed by atoms with Crippen molar-refractivity contribution in [3.63, 3.8) is 0 Å². The van der Waals surface area contributed by atoms with Crippen LogP contribution in [-0.2, 0) is 0 Å². The molecule has 0 aromatic carbocycles. The number of hydrogen-bond donors (Lipinski definition) is 2. The molecule has 2 fully saturated rings. The van der Waals surface area contributed by atoms with Gasteiger partial charge in [0.2, 0.25) is 0 Å². The summed E-state index contributed by atoms with van der Waals surface area (Å²) in [6.45, 7) is 2.40. The summed E-state index contributed by atoms with van der Waals surface area (Å²) in [5, 5.41) is 3.38. The Morgan fingerprint density at radius 1 is 1.44 bits per heavy atom. The monoisotopic (exact) mass is 220 g/mol. The van der Waals surface area contributed by atoms with E-state index < -0.39 is 0 Å². The minimum atomic E-state index is -0.0984. The van der Waals surface area contributed by atoms with Crippen molar-refractivity contribution in [3.05, 3.63) is 22.7 Å². The van der Waals surface area contributed by atoms with Gasteiger partial charge in [0.15, 0.2) is 0 Å². The highest BCUT2D eigenvalue weighted by Crippen LogP contribution is 2.29. The van der Waals surface area contributed by atoms with Crippen LogP contribution in [0.2, 0.25) is 0 Å². The molecule has 2 unspecified atom stereocenters. The van der Waals surface area contributed by atoms with Crippen LogP contribution < -0.4 is 10.9 Å². The normalized spacial score (nSPS) is 29.2. The molecule has 2 aliphatic heterocycles. The Hall–Kier alpha value is -1.36. The first-order valence-electron chi connectivity index (χ1n) is 5.88. The van der Waals surface area contributed by atoms with Gasteiger partial charge in [-0.05, 0) is 25.8 Å². The van der Waals surface area contributed by atoms with Crippen LogP contribution in [0.15, 0.2) is 17.2 Å². The first-order valence-corrected chi connectivity index (χ1v) is 5.88. The lowest BCUT2D eigenvalue weighted by Crippen LogP contribution is -2.34. The number of aromatic amines is 1. The van der Waals surface area contributed by atoms with E-state index in [1.165, 1.54) is 38.3 Å². The highest BCUT2D eigenvalue weighted by molar-refractivity contribution is 5.34. The Bertz CT molecular complexity index is 430. The molecule has 16 heavy (non-hydrogen) atoms. The van der Waals surface area contributed by atoms with E-state index >= 15 is 0 Å².